The molecule has 1 aromatic carbocycles. The molecule has 2 fully saturated rings. The van der Waals surface area contributed by atoms with E-state index in [9.17, 15) is 4.79 Å². The lowest BCUT2D eigenvalue weighted by molar-refractivity contribution is 0.0993. The maximum atomic E-state index is 12.5. The molecule has 3 heterocycles. The molecule has 142 valence electrons. The first-order valence-corrected chi connectivity index (χ1v) is 9.58. The van der Waals surface area contributed by atoms with Crippen LogP contribution in [0.25, 0.3) is 0 Å². The van der Waals surface area contributed by atoms with Gasteiger partial charge in [-0.2, -0.15) is 0 Å². The molecule has 6 heteroatoms. The van der Waals surface area contributed by atoms with Crippen LogP contribution in [-0.4, -0.2) is 60.0 Å². The minimum absolute atomic E-state index is 0.160. The molecule has 1 N–H and O–H groups in total. The molecule has 2 aliphatic rings. The summed E-state index contributed by atoms with van der Waals surface area (Å²) in [6.45, 7) is 5.67. The number of rotatable bonds is 5. The van der Waals surface area contributed by atoms with Gasteiger partial charge in [0.1, 0.15) is 5.69 Å². The van der Waals surface area contributed by atoms with Gasteiger partial charge < -0.3 is 10.1 Å². The van der Waals surface area contributed by atoms with Gasteiger partial charge in [-0.25, -0.2) is 4.98 Å². The fourth-order valence-corrected chi connectivity index (χ4v) is 4.06. The number of amides is 1. The van der Waals surface area contributed by atoms with E-state index in [1.54, 1.807) is 18.3 Å². The quantitative estimate of drug-likeness (QED) is 0.882. The van der Waals surface area contributed by atoms with Gasteiger partial charge in [-0.3, -0.25) is 14.6 Å². The van der Waals surface area contributed by atoms with Crippen molar-refractivity contribution in [2.75, 3.05) is 38.6 Å². The van der Waals surface area contributed by atoms with Crippen molar-refractivity contribution in [1.82, 2.24) is 14.8 Å². The summed E-state index contributed by atoms with van der Waals surface area (Å²) in [6.07, 6.45) is 4.30. The van der Waals surface area contributed by atoms with Gasteiger partial charge in [0.15, 0.2) is 0 Å². The van der Waals surface area contributed by atoms with Crippen LogP contribution in [-0.2, 0) is 6.54 Å². The summed E-state index contributed by atoms with van der Waals surface area (Å²) in [7, 11) is 1.54. The third-order valence-electron chi connectivity index (χ3n) is 5.51. The summed E-state index contributed by atoms with van der Waals surface area (Å²) in [5.41, 5.74) is 2.45. The second kappa shape index (κ2) is 8.06. The Morgan fingerprint density at radius 2 is 2.07 bits per heavy atom. The normalized spacial score (nSPS) is 20.3. The maximum Gasteiger partial charge on any atom is 0.255 e. The molecule has 1 amide bonds. The van der Waals surface area contributed by atoms with Crippen LogP contribution in [0.15, 0.2) is 42.6 Å². The number of carbonyl (C=O) groups is 1. The van der Waals surface area contributed by atoms with Gasteiger partial charge in [0.25, 0.3) is 5.91 Å². The fraction of sp³-hybridized carbons (Fsp3) is 0.429. The van der Waals surface area contributed by atoms with Crippen LogP contribution in [0.4, 0.5) is 5.69 Å². The number of nitrogens with one attached hydrogen (secondary N) is 1. The first kappa shape index (κ1) is 17.9. The predicted molar refractivity (Wildman–Crippen MR) is 105 cm³/mol. The number of piperazine rings is 1. The van der Waals surface area contributed by atoms with Crippen LogP contribution in [0.1, 0.15) is 28.8 Å². The zero-order valence-corrected chi connectivity index (χ0v) is 15.7. The average Bonchev–Trinajstić information content (AvgIpc) is 3.17. The number of nitrogens with zero attached hydrogens (tertiary/aromatic N) is 3. The molecule has 4 rings (SSSR count). The topological polar surface area (TPSA) is 57.7 Å². The van der Waals surface area contributed by atoms with E-state index < -0.39 is 0 Å². The Hall–Kier alpha value is -2.44. The Labute approximate surface area is 160 Å². The maximum absolute atomic E-state index is 12.5. The van der Waals surface area contributed by atoms with E-state index in [1.807, 2.05) is 12.1 Å². The molecule has 27 heavy (non-hydrogen) atoms. The molecule has 0 spiro atoms. The van der Waals surface area contributed by atoms with Crippen molar-refractivity contribution in [3.63, 3.8) is 0 Å². The van der Waals surface area contributed by atoms with Crippen LogP contribution in [0, 0.1) is 0 Å². The van der Waals surface area contributed by atoms with Gasteiger partial charge in [0.05, 0.1) is 7.11 Å². The molecule has 0 saturated carbocycles. The van der Waals surface area contributed by atoms with E-state index in [4.69, 9.17) is 4.74 Å². The van der Waals surface area contributed by atoms with E-state index in [-0.39, 0.29) is 5.91 Å². The van der Waals surface area contributed by atoms with Gasteiger partial charge in [-0.15, -0.1) is 0 Å². The first-order valence-electron chi connectivity index (χ1n) is 9.58. The van der Waals surface area contributed by atoms with E-state index >= 15 is 0 Å². The molecule has 2 aromatic rings. The third kappa shape index (κ3) is 4.12. The number of benzene rings is 1. The Morgan fingerprint density at radius 1 is 1.22 bits per heavy atom. The minimum Gasteiger partial charge on any atom is -0.480 e. The van der Waals surface area contributed by atoms with Crippen LogP contribution in [0.3, 0.4) is 0 Å². The highest BCUT2D eigenvalue weighted by atomic mass is 16.5. The molecule has 6 nitrogen and oxygen atoms in total. The molecule has 1 atom stereocenters. The summed E-state index contributed by atoms with van der Waals surface area (Å²) >= 11 is 0. The van der Waals surface area contributed by atoms with Crippen LogP contribution in [0.5, 0.6) is 5.88 Å². The second-order valence-corrected chi connectivity index (χ2v) is 7.28. The summed E-state index contributed by atoms with van der Waals surface area (Å²) in [6, 6.07) is 12.2. The van der Waals surface area contributed by atoms with Gasteiger partial charge in [0, 0.05) is 44.0 Å². The molecule has 2 aliphatic heterocycles. The number of carbonyl (C=O) groups excluding carboxylic acids is 1. The van der Waals surface area contributed by atoms with Gasteiger partial charge in [0.2, 0.25) is 5.88 Å². The lowest BCUT2D eigenvalue weighted by Gasteiger charge is -2.37. The fourth-order valence-electron chi connectivity index (χ4n) is 4.06. The van der Waals surface area contributed by atoms with Crippen molar-refractivity contribution in [1.29, 1.82) is 0 Å². The van der Waals surface area contributed by atoms with E-state index in [1.165, 1.54) is 38.6 Å². The SMILES string of the molecule is COc1ncccc1NC(=O)c1ccc(CN2CCN3CCC[C@@H]3C2)cc1. The van der Waals surface area contributed by atoms with E-state index in [0.717, 1.165) is 25.7 Å². The number of aromatic nitrogens is 1. The number of hydrogen-bond donors (Lipinski definition) is 1. The van der Waals surface area contributed by atoms with E-state index in [0.29, 0.717) is 17.1 Å². The first-order chi connectivity index (χ1) is 13.2. The monoisotopic (exact) mass is 366 g/mol. The second-order valence-electron chi connectivity index (χ2n) is 7.28. The molecule has 0 radical (unpaired) electrons. The molecule has 0 bridgehead atoms. The highest BCUT2D eigenvalue weighted by molar-refractivity contribution is 6.04. The van der Waals surface area contributed by atoms with Gasteiger partial charge in [-0.05, 0) is 49.2 Å². The van der Waals surface area contributed by atoms with E-state index in [2.05, 4.69) is 32.2 Å². The number of ether oxygens (including phenoxy) is 1. The zero-order valence-electron chi connectivity index (χ0n) is 15.7. The number of anilines is 1. The predicted octanol–water partition coefficient (Wildman–Crippen LogP) is 2.62. The summed E-state index contributed by atoms with van der Waals surface area (Å²) in [5.74, 6) is 0.251. The number of hydrogen-bond acceptors (Lipinski definition) is 5. The minimum atomic E-state index is -0.160. The molecular weight excluding hydrogens is 340 g/mol. The van der Waals surface area contributed by atoms with Crippen molar-refractivity contribution >= 4 is 11.6 Å². The molecular formula is C21H26N4O2. The largest absolute Gasteiger partial charge is 0.480 e. The Kier molecular flexibility index (Phi) is 5.36. The zero-order chi connectivity index (χ0) is 18.6. The van der Waals surface area contributed by atoms with Crippen LogP contribution in [0.2, 0.25) is 0 Å². The van der Waals surface area contributed by atoms with Crippen molar-refractivity contribution < 1.29 is 9.53 Å². The number of methoxy groups -OCH3 is 1. The Balaban J connectivity index is 1.36. The summed E-state index contributed by atoms with van der Waals surface area (Å²) in [4.78, 5) is 21.7. The number of fused-ring (bicyclic) bond motifs is 1. The highest BCUT2D eigenvalue weighted by Crippen LogP contribution is 2.23. The smallest absolute Gasteiger partial charge is 0.255 e. The molecule has 1 aromatic heterocycles. The lowest BCUT2D eigenvalue weighted by Crippen LogP contribution is -2.49. The van der Waals surface area contributed by atoms with Gasteiger partial charge >= 0.3 is 0 Å². The highest BCUT2D eigenvalue weighted by Gasteiger charge is 2.30. The van der Waals surface area contributed by atoms with Crippen molar-refractivity contribution in [2.24, 2.45) is 0 Å². The van der Waals surface area contributed by atoms with Crippen LogP contribution >= 0.6 is 0 Å². The van der Waals surface area contributed by atoms with Crippen molar-refractivity contribution in [3.8, 4) is 5.88 Å². The third-order valence-corrected chi connectivity index (χ3v) is 5.51. The standard InChI is InChI=1S/C21H26N4O2/c1-27-21-19(5-2-10-22-21)23-20(26)17-8-6-16(7-9-17)14-24-12-13-25-11-3-4-18(25)15-24/h2,5-10,18H,3-4,11-15H2,1H3,(H,23,26)/t18-/m1/s1. The average molecular weight is 366 g/mol. The molecule has 0 unspecified atom stereocenters. The Bertz CT molecular complexity index is 793. The summed E-state index contributed by atoms with van der Waals surface area (Å²) < 4.78 is 5.18. The van der Waals surface area contributed by atoms with Crippen molar-refractivity contribution in [2.45, 2.75) is 25.4 Å². The van der Waals surface area contributed by atoms with Gasteiger partial charge in [-0.1, -0.05) is 12.1 Å². The van der Waals surface area contributed by atoms with Crippen molar-refractivity contribution in [3.05, 3.63) is 53.7 Å². The van der Waals surface area contributed by atoms with Crippen LogP contribution < -0.4 is 10.1 Å². The molecule has 0 aliphatic carbocycles. The lowest BCUT2D eigenvalue weighted by atomic mass is 10.1. The number of pyridine rings is 1. The Morgan fingerprint density at radius 3 is 2.89 bits per heavy atom. The molecule has 2 saturated heterocycles. The summed E-state index contributed by atoms with van der Waals surface area (Å²) in [5, 5.41) is 2.86.